The van der Waals surface area contributed by atoms with Crippen LogP contribution in [-0.4, -0.2) is 46.2 Å². The summed E-state index contributed by atoms with van der Waals surface area (Å²) in [6.07, 6.45) is 3.01. The van der Waals surface area contributed by atoms with E-state index in [0.717, 1.165) is 12.0 Å². The minimum atomic E-state index is -0.516. The third-order valence-corrected chi connectivity index (χ3v) is 5.33. The first-order valence-electron chi connectivity index (χ1n) is 8.48. The highest BCUT2D eigenvalue weighted by atomic mass is 35.5. The molecular weight excluding hydrogens is 409 g/mol. The number of nitrogens with zero attached hydrogens (tertiary/aromatic N) is 3. The standard InChI is InChI=1S/C19H18Cl3N3O2/c1-24(11-12-4-7-17(22)23-10-12)19(27)16-3-2-8-25(16)18(26)14-9-13(20)5-6-15(14)21/h4-7,9-10,16H,2-3,8,11H2,1H3. The van der Waals surface area contributed by atoms with E-state index in [-0.39, 0.29) is 11.8 Å². The van der Waals surface area contributed by atoms with Gasteiger partial charge in [-0.2, -0.15) is 0 Å². The Kier molecular flexibility index (Phi) is 6.25. The lowest BCUT2D eigenvalue weighted by Crippen LogP contribution is -2.46. The third kappa shape index (κ3) is 4.54. The van der Waals surface area contributed by atoms with Crippen LogP contribution in [-0.2, 0) is 11.3 Å². The zero-order chi connectivity index (χ0) is 19.6. The molecule has 142 valence electrons. The van der Waals surface area contributed by atoms with Gasteiger partial charge in [0, 0.05) is 31.4 Å². The SMILES string of the molecule is CN(Cc1ccc(Cl)nc1)C(=O)C1CCCN1C(=O)c1cc(Cl)ccc1Cl. The topological polar surface area (TPSA) is 53.5 Å². The van der Waals surface area contributed by atoms with E-state index in [1.807, 2.05) is 6.07 Å². The largest absolute Gasteiger partial charge is 0.340 e. The highest BCUT2D eigenvalue weighted by molar-refractivity contribution is 6.35. The molecule has 0 bridgehead atoms. The molecule has 0 saturated carbocycles. The number of aromatic nitrogens is 1. The molecule has 1 aliphatic rings. The van der Waals surface area contributed by atoms with Crippen LogP contribution in [0.15, 0.2) is 36.5 Å². The number of rotatable bonds is 4. The van der Waals surface area contributed by atoms with Crippen molar-refractivity contribution in [1.29, 1.82) is 0 Å². The lowest BCUT2D eigenvalue weighted by Gasteiger charge is -2.28. The van der Waals surface area contributed by atoms with Crippen LogP contribution in [0.1, 0.15) is 28.8 Å². The molecule has 1 saturated heterocycles. The summed E-state index contributed by atoms with van der Waals surface area (Å²) in [4.78, 5) is 33.1. The fourth-order valence-electron chi connectivity index (χ4n) is 3.19. The molecule has 1 aromatic heterocycles. The number of benzene rings is 1. The first kappa shape index (κ1) is 19.9. The number of likely N-dealkylation sites (tertiary alicyclic amines) is 1. The average Bonchev–Trinajstić information content (AvgIpc) is 3.14. The van der Waals surface area contributed by atoms with Crippen LogP contribution < -0.4 is 0 Å². The van der Waals surface area contributed by atoms with E-state index < -0.39 is 6.04 Å². The van der Waals surface area contributed by atoms with Crippen molar-refractivity contribution in [3.63, 3.8) is 0 Å². The van der Waals surface area contributed by atoms with Gasteiger partial charge in [0.05, 0.1) is 10.6 Å². The molecule has 1 aromatic carbocycles. The van der Waals surface area contributed by atoms with Crippen LogP contribution >= 0.6 is 34.8 Å². The van der Waals surface area contributed by atoms with Crippen molar-refractivity contribution in [2.45, 2.75) is 25.4 Å². The molecule has 2 heterocycles. The van der Waals surface area contributed by atoms with E-state index in [2.05, 4.69) is 4.98 Å². The van der Waals surface area contributed by atoms with Gasteiger partial charge < -0.3 is 9.80 Å². The zero-order valence-corrected chi connectivity index (χ0v) is 16.9. The Labute approximate surface area is 172 Å². The summed E-state index contributed by atoms with van der Waals surface area (Å²) in [5.74, 6) is -0.395. The smallest absolute Gasteiger partial charge is 0.256 e. The molecule has 5 nitrogen and oxygen atoms in total. The van der Waals surface area contributed by atoms with Gasteiger partial charge in [-0.1, -0.05) is 40.9 Å². The van der Waals surface area contributed by atoms with Gasteiger partial charge in [0.15, 0.2) is 0 Å². The molecule has 1 aliphatic heterocycles. The normalized spacial score (nSPS) is 16.4. The first-order valence-corrected chi connectivity index (χ1v) is 9.61. The maximum Gasteiger partial charge on any atom is 0.256 e. The maximum absolute atomic E-state index is 12.9. The van der Waals surface area contributed by atoms with Crippen LogP contribution in [0.5, 0.6) is 0 Å². The Morgan fingerprint density at radius 3 is 2.70 bits per heavy atom. The van der Waals surface area contributed by atoms with Crippen LogP contribution in [0.4, 0.5) is 0 Å². The molecule has 3 rings (SSSR count). The van der Waals surface area contributed by atoms with Gasteiger partial charge >= 0.3 is 0 Å². The van der Waals surface area contributed by atoms with E-state index in [9.17, 15) is 9.59 Å². The van der Waals surface area contributed by atoms with Crippen molar-refractivity contribution >= 4 is 46.6 Å². The van der Waals surface area contributed by atoms with Crippen molar-refractivity contribution in [1.82, 2.24) is 14.8 Å². The number of carbonyl (C=O) groups is 2. The average molecular weight is 427 g/mol. The Morgan fingerprint density at radius 2 is 2.00 bits per heavy atom. The minimum Gasteiger partial charge on any atom is -0.340 e. The van der Waals surface area contributed by atoms with E-state index in [4.69, 9.17) is 34.8 Å². The van der Waals surface area contributed by atoms with Gasteiger partial charge in [-0.15, -0.1) is 0 Å². The number of carbonyl (C=O) groups excluding carboxylic acids is 2. The van der Waals surface area contributed by atoms with Crippen LogP contribution in [0, 0.1) is 0 Å². The molecule has 0 radical (unpaired) electrons. The van der Waals surface area contributed by atoms with Gasteiger partial charge in [0.25, 0.3) is 5.91 Å². The fraction of sp³-hybridized carbons (Fsp3) is 0.316. The predicted octanol–water partition coefficient (Wildman–Crippen LogP) is 4.31. The molecule has 1 atom stereocenters. The summed E-state index contributed by atoms with van der Waals surface area (Å²) in [7, 11) is 1.71. The molecule has 8 heteroatoms. The number of likely N-dealkylation sites (N-methyl/N-ethyl adjacent to an activating group) is 1. The number of hydrogen-bond acceptors (Lipinski definition) is 3. The summed E-state index contributed by atoms with van der Waals surface area (Å²) < 4.78 is 0. The number of amides is 2. The maximum atomic E-state index is 12.9. The molecule has 1 unspecified atom stereocenters. The molecule has 0 aliphatic carbocycles. The number of halogens is 3. The fourth-order valence-corrected chi connectivity index (χ4v) is 3.67. The zero-order valence-electron chi connectivity index (χ0n) is 14.7. The van der Waals surface area contributed by atoms with E-state index >= 15 is 0 Å². The van der Waals surface area contributed by atoms with Crippen molar-refractivity contribution in [2.75, 3.05) is 13.6 Å². The molecule has 27 heavy (non-hydrogen) atoms. The van der Waals surface area contributed by atoms with E-state index in [1.54, 1.807) is 41.2 Å². The molecule has 0 spiro atoms. The van der Waals surface area contributed by atoms with Gasteiger partial charge in [-0.3, -0.25) is 9.59 Å². The Morgan fingerprint density at radius 1 is 1.22 bits per heavy atom. The van der Waals surface area contributed by atoms with Crippen LogP contribution in [0.25, 0.3) is 0 Å². The number of hydrogen-bond donors (Lipinski definition) is 0. The summed E-state index contributed by atoms with van der Waals surface area (Å²) >= 11 is 18.0. The van der Waals surface area contributed by atoms with Crippen molar-refractivity contribution < 1.29 is 9.59 Å². The molecular formula is C19H18Cl3N3O2. The van der Waals surface area contributed by atoms with E-state index in [1.165, 1.54) is 6.07 Å². The lowest BCUT2D eigenvalue weighted by molar-refractivity contribution is -0.134. The quantitative estimate of drug-likeness (QED) is 0.685. The Hall–Kier alpha value is -1.82. The Balaban J connectivity index is 1.74. The second-order valence-corrected chi connectivity index (χ2v) is 7.70. The van der Waals surface area contributed by atoms with Crippen molar-refractivity contribution in [3.8, 4) is 0 Å². The van der Waals surface area contributed by atoms with Crippen LogP contribution in [0.3, 0.4) is 0 Å². The summed E-state index contributed by atoms with van der Waals surface area (Å²) in [6, 6.07) is 7.74. The van der Waals surface area contributed by atoms with Crippen LogP contribution in [0.2, 0.25) is 15.2 Å². The molecule has 0 N–H and O–H groups in total. The number of pyridine rings is 1. The summed E-state index contributed by atoms with van der Waals surface area (Å²) in [6.45, 7) is 0.897. The van der Waals surface area contributed by atoms with E-state index in [0.29, 0.717) is 40.3 Å². The van der Waals surface area contributed by atoms with Crippen molar-refractivity contribution in [2.24, 2.45) is 0 Å². The summed E-state index contributed by atoms with van der Waals surface area (Å²) in [5, 5.41) is 1.15. The molecule has 2 amide bonds. The van der Waals surface area contributed by atoms with Gasteiger partial charge in [0.2, 0.25) is 5.91 Å². The second kappa shape index (κ2) is 8.46. The third-order valence-electron chi connectivity index (χ3n) is 4.54. The highest BCUT2D eigenvalue weighted by Gasteiger charge is 2.36. The lowest BCUT2D eigenvalue weighted by atomic mass is 10.1. The molecule has 2 aromatic rings. The van der Waals surface area contributed by atoms with Gasteiger partial charge in [-0.05, 0) is 42.7 Å². The first-order chi connectivity index (χ1) is 12.9. The monoisotopic (exact) mass is 425 g/mol. The Bertz CT molecular complexity index is 858. The van der Waals surface area contributed by atoms with Gasteiger partial charge in [-0.25, -0.2) is 4.98 Å². The molecule has 1 fully saturated rings. The van der Waals surface area contributed by atoms with Gasteiger partial charge in [0.1, 0.15) is 11.2 Å². The predicted molar refractivity (Wildman–Crippen MR) is 106 cm³/mol. The van der Waals surface area contributed by atoms with Crippen molar-refractivity contribution in [3.05, 3.63) is 62.9 Å². The highest BCUT2D eigenvalue weighted by Crippen LogP contribution is 2.27. The second-order valence-electron chi connectivity index (χ2n) is 6.46. The summed E-state index contributed by atoms with van der Waals surface area (Å²) in [5.41, 5.74) is 1.18. The minimum absolute atomic E-state index is 0.117.